The van der Waals surface area contributed by atoms with Crippen LogP contribution in [0.3, 0.4) is 0 Å². The smallest absolute Gasteiger partial charge is 0.211 e. The molecule has 1 saturated heterocycles. The molecule has 3 aromatic rings. The third-order valence-electron chi connectivity index (χ3n) is 7.84. The highest BCUT2D eigenvalue weighted by Gasteiger charge is 2.46. The quantitative estimate of drug-likeness (QED) is 0.188. The molecular formula is C34H42Cl2FN3O3. The first-order valence-electron chi connectivity index (χ1n) is 14.7. The van der Waals surface area contributed by atoms with Gasteiger partial charge in [0.15, 0.2) is 5.78 Å². The summed E-state index contributed by atoms with van der Waals surface area (Å²) < 4.78 is 14.2. The molecule has 232 valence electrons. The Morgan fingerprint density at radius 3 is 2.09 bits per heavy atom. The number of hydrogen-bond acceptors (Lipinski definition) is 4. The van der Waals surface area contributed by atoms with Gasteiger partial charge in [0, 0.05) is 40.0 Å². The molecule has 1 saturated carbocycles. The first-order chi connectivity index (χ1) is 20.7. The van der Waals surface area contributed by atoms with E-state index in [1.165, 1.54) is 39.0 Å². The molecule has 2 aliphatic rings. The Hall–Kier alpha value is -3.26. The number of rotatable bonds is 6. The standard InChI is InChI=1S/C16H21ClFN.C9H9NO2.C7H6ClNO.C2H6/c1-11-13(12-6-5-7-14(17)15(12)18)10-19-16(11)8-3-2-4-9-16;1-7(12)8-2-4-9(5-3-8)10-6-11;8-6-2-1-3-7(4-6)9-5-10;1-2/h5-7,11,13,19H,2-4,8-10H2,1H3;2-6H,1H3,(H,10,11);1-5H,(H,9,10);1-2H3. The van der Waals surface area contributed by atoms with E-state index in [4.69, 9.17) is 23.2 Å². The Morgan fingerprint density at radius 1 is 0.907 bits per heavy atom. The normalized spacial score (nSPS) is 17.9. The zero-order chi connectivity index (χ0) is 31.8. The van der Waals surface area contributed by atoms with Crippen molar-refractivity contribution in [1.82, 2.24) is 5.32 Å². The summed E-state index contributed by atoms with van der Waals surface area (Å²) in [5.41, 5.74) is 3.07. The SMILES string of the molecule is CC.CC(=O)c1ccc(NC=O)cc1.CC1C(c2cccc(Cl)c2F)CNC12CCCCC2.O=CNc1cccc(Cl)c1. The molecule has 1 heterocycles. The molecule has 3 aromatic carbocycles. The van der Waals surface area contributed by atoms with Crippen LogP contribution < -0.4 is 16.0 Å². The number of carbonyl (C=O) groups is 3. The fourth-order valence-electron chi connectivity index (χ4n) is 5.55. The molecule has 9 heteroatoms. The zero-order valence-electron chi connectivity index (χ0n) is 25.3. The van der Waals surface area contributed by atoms with Crippen LogP contribution in [0.2, 0.25) is 10.0 Å². The summed E-state index contributed by atoms with van der Waals surface area (Å²) in [6.07, 6.45) is 7.60. The minimum Gasteiger partial charge on any atom is -0.329 e. The van der Waals surface area contributed by atoms with Gasteiger partial charge in [-0.2, -0.15) is 0 Å². The first kappa shape index (κ1) is 35.9. The third-order valence-corrected chi connectivity index (χ3v) is 8.37. The van der Waals surface area contributed by atoms with Crippen molar-refractivity contribution in [2.45, 2.75) is 71.3 Å². The predicted molar refractivity (Wildman–Crippen MR) is 176 cm³/mol. The molecule has 2 fully saturated rings. The number of Topliss-reactive ketones (excluding diaryl/α,β-unsaturated/α-hetero) is 1. The van der Waals surface area contributed by atoms with Crippen LogP contribution in [0.25, 0.3) is 0 Å². The average molecular weight is 631 g/mol. The summed E-state index contributed by atoms with van der Waals surface area (Å²) in [5, 5.41) is 9.53. The Labute approximate surface area is 264 Å². The Kier molecular flexibility index (Phi) is 15.4. The fraction of sp³-hybridized carbons (Fsp3) is 0.382. The maximum Gasteiger partial charge on any atom is 0.211 e. The number of benzene rings is 3. The number of nitrogens with one attached hydrogen (secondary N) is 3. The highest BCUT2D eigenvalue weighted by molar-refractivity contribution is 6.31. The Balaban J connectivity index is 0.000000233. The van der Waals surface area contributed by atoms with Gasteiger partial charge in [-0.15, -0.1) is 0 Å². The lowest BCUT2D eigenvalue weighted by Gasteiger charge is -2.38. The van der Waals surface area contributed by atoms with Gasteiger partial charge < -0.3 is 16.0 Å². The van der Waals surface area contributed by atoms with Gasteiger partial charge >= 0.3 is 0 Å². The molecule has 1 aliphatic carbocycles. The number of ketones is 1. The van der Waals surface area contributed by atoms with Crippen molar-refractivity contribution in [3.05, 3.63) is 93.7 Å². The molecule has 2 atom stereocenters. The number of amides is 2. The van der Waals surface area contributed by atoms with Crippen molar-refractivity contribution in [2.75, 3.05) is 17.2 Å². The van der Waals surface area contributed by atoms with E-state index >= 15 is 0 Å². The molecule has 2 unspecified atom stereocenters. The number of hydrogen-bond donors (Lipinski definition) is 3. The molecule has 2 amide bonds. The van der Waals surface area contributed by atoms with E-state index in [-0.39, 0.29) is 28.1 Å². The van der Waals surface area contributed by atoms with Gasteiger partial charge in [-0.05, 0) is 79.8 Å². The minimum atomic E-state index is -0.226. The van der Waals surface area contributed by atoms with E-state index < -0.39 is 0 Å². The topological polar surface area (TPSA) is 87.3 Å². The third kappa shape index (κ3) is 10.4. The van der Waals surface area contributed by atoms with Crippen molar-refractivity contribution in [3.8, 4) is 0 Å². The highest BCUT2D eigenvalue weighted by atomic mass is 35.5. The van der Waals surface area contributed by atoms with Crippen LogP contribution in [-0.4, -0.2) is 30.7 Å². The summed E-state index contributed by atoms with van der Waals surface area (Å²) in [6.45, 7) is 8.65. The van der Waals surface area contributed by atoms with Gasteiger partial charge in [0.1, 0.15) is 5.82 Å². The monoisotopic (exact) mass is 629 g/mol. The van der Waals surface area contributed by atoms with Gasteiger partial charge in [0.05, 0.1) is 5.02 Å². The average Bonchev–Trinajstić information content (AvgIpc) is 3.31. The van der Waals surface area contributed by atoms with Crippen LogP contribution >= 0.6 is 23.2 Å². The lowest BCUT2D eigenvalue weighted by Crippen LogP contribution is -2.45. The largest absolute Gasteiger partial charge is 0.329 e. The predicted octanol–water partition coefficient (Wildman–Crippen LogP) is 8.90. The van der Waals surface area contributed by atoms with Crippen LogP contribution in [0.1, 0.15) is 81.6 Å². The van der Waals surface area contributed by atoms with E-state index in [1.54, 1.807) is 54.6 Å². The molecule has 3 N–H and O–H groups in total. The molecule has 1 aliphatic heterocycles. The Morgan fingerprint density at radius 2 is 1.51 bits per heavy atom. The lowest BCUT2D eigenvalue weighted by atomic mass is 9.71. The van der Waals surface area contributed by atoms with Crippen LogP contribution in [0.5, 0.6) is 0 Å². The number of carbonyl (C=O) groups excluding carboxylic acids is 3. The van der Waals surface area contributed by atoms with Crippen molar-refractivity contribution in [2.24, 2.45) is 5.92 Å². The summed E-state index contributed by atoms with van der Waals surface area (Å²) in [4.78, 5) is 30.8. The van der Waals surface area contributed by atoms with Gasteiger partial charge in [-0.1, -0.05) is 81.4 Å². The molecule has 6 nitrogen and oxygen atoms in total. The summed E-state index contributed by atoms with van der Waals surface area (Å²) in [7, 11) is 0. The second kappa shape index (κ2) is 18.4. The molecule has 0 bridgehead atoms. The van der Waals surface area contributed by atoms with Gasteiger partial charge in [-0.25, -0.2) is 4.39 Å². The van der Waals surface area contributed by atoms with E-state index in [0.717, 1.165) is 12.1 Å². The maximum atomic E-state index is 14.2. The van der Waals surface area contributed by atoms with E-state index in [0.29, 0.717) is 40.7 Å². The number of halogens is 3. The van der Waals surface area contributed by atoms with E-state index in [2.05, 4.69) is 22.9 Å². The second-order valence-corrected chi connectivity index (χ2v) is 11.1. The molecule has 0 radical (unpaired) electrons. The van der Waals surface area contributed by atoms with Crippen LogP contribution in [0.15, 0.2) is 66.7 Å². The van der Waals surface area contributed by atoms with Crippen molar-refractivity contribution in [1.29, 1.82) is 0 Å². The summed E-state index contributed by atoms with van der Waals surface area (Å²) in [5.74, 6) is 0.515. The Bertz CT molecular complexity index is 1310. The molecule has 0 aromatic heterocycles. The van der Waals surface area contributed by atoms with Gasteiger partial charge in [0.2, 0.25) is 12.8 Å². The zero-order valence-corrected chi connectivity index (χ0v) is 26.8. The maximum absolute atomic E-state index is 14.2. The van der Waals surface area contributed by atoms with Crippen molar-refractivity contribution < 1.29 is 18.8 Å². The van der Waals surface area contributed by atoms with E-state index in [9.17, 15) is 18.8 Å². The van der Waals surface area contributed by atoms with Crippen molar-refractivity contribution >= 4 is 53.2 Å². The first-order valence-corrected chi connectivity index (χ1v) is 15.4. The molecule has 5 rings (SSSR count). The molecular weight excluding hydrogens is 588 g/mol. The van der Waals surface area contributed by atoms with Gasteiger partial charge in [-0.3, -0.25) is 14.4 Å². The van der Waals surface area contributed by atoms with Crippen LogP contribution in [-0.2, 0) is 9.59 Å². The minimum absolute atomic E-state index is 0.0210. The summed E-state index contributed by atoms with van der Waals surface area (Å²) >= 11 is 11.5. The second-order valence-electron chi connectivity index (χ2n) is 10.3. The van der Waals surface area contributed by atoms with E-state index in [1.807, 2.05) is 26.0 Å². The lowest BCUT2D eigenvalue weighted by molar-refractivity contribution is -0.106. The molecule has 1 spiro atoms. The van der Waals surface area contributed by atoms with Crippen LogP contribution in [0.4, 0.5) is 15.8 Å². The highest BCUT2D eigenvalue weighted by Crippen LogP contribution is 2.46. The van der Waals surface area contributed by atoms with Gasteiger partial charge in [0.25, 0.3) is 0 Å². The van der Waals surface area contributed by atoms with Crippen molar-refractivity contribution in [3.63, 3.8) is 0 Å². The summed E-state index contributed by atoms with van der Waals surface area (Å²) in [6, 6.07) is 19.1. The van der Waals surface area contributed by atoms with Crippen LogP contribution in [0, 0.1) is 11.7 Å². The molecule has 43 heavy (non-hydrogen) atoms. The number of anilines is 2. The fourth-order valence-corrected chi connectivity index (χ4v) is 5.92.